The maximum absolute atomic E-state index is 12.2. The van der Waals surface area contributed by atoms with E-state index in [1.54, 1.807) is 14.0 Å². The van der Waals surface area contributed by atoms with E-state index in [0.29, 0.717) is 23.1 Å². The van der Waals surface area contributed by atoms with Crippen LogP contribution >= 0.6 is 0 Å². The fourth-order valence-corrected chi connectivity index (χ4v) is 5.45. The molecular weight excluding hydrogens is 412 g/mol. The van der Waals surface area contributed by atoms with E-state index >= 15 is 0 Å². The Hall–Kier alpha value is -3.15. The predicted octanol–water partition coefficient (Wildman–Crippen LogP) is 5.72. The summed E-state index contributed by atoms with van der Waals surface area (Å²) >= 11 is 0. The zero-order valence-corrected chi connectivity index (χ0v) is 19.5. The second-order valence-electron chi connectivity index (χ2n) is 10.1. The van der Waals surface area contributed by atoms with Crippen LogP contribution in [0.3, 0.4) is 0 Å². The molecule has 0 amide bonds. The summed E-state index contributed by atoms with van der Waals surface area (Å²) in [4.78, 5) is 22.0. The van der Waals surface area contributed by atoms with Crippen LogP contribution in [0.15, 0.2) is 36.5 Å². The third kappa shape index (κ3) is 3.52. The lowest BCUT2D eigenvalue weighted by molar-refractivity contribution is 0.101. The second-order valence-corrected chi connectivity index (χ2v) is 10.1. The number of hydrogen-bond donors (Lipinski definition) is 0. The van der Waals surface area contributed by atoms with Gasteiger partial charge in [0.15, 0.2) is 11.6 Å². The minimum atomic E-state index is 0.0196. The first-order chi connectivity index (χ1) is 16.0. The van der Waals surface area contributed by atoms with Crippen molar-refractivity contribution in [2.24, 2.45) is 17.8 Å². The molecule has 0 atom stereocenters. The average Bonchev–Trinajstić information content (AvgIpc) is 3.43. The molecule has 0 saturated heterocycles. The summed E-state index contributed by atoms with van der Waals surface area (Å²) in [5.74, 6) is 3.81. The van der Waals surface area contributed by atoms with Crippen molar-refractivity contribution in [1.82, 2.24) is 19.1 Å². The van der Waals surface area contributed by atoms with E-state index in [9.17, 15) is 4.79 Å². The van der Waals surface area contributed by atoms with Gasteiger partial charge >= 0.3 is 0 Å². The Morgan fingerprint density at radius 2 is 1.91 bits per heavy atom. The summed E-state index contributed by atoms with van der Waals surface area (Å²) in [6, 6.07) is 10.1. The van der Waals surface area contributed by atoms with E-state index in [4.69, 9.17) is 14.7 Å². The zero-order valence-electron chi connectivity index (χ0n) is 19.5. The normalized spacial score (nSPS) is 20.3. The Balaban J connectivity index is 1.59. The number of carbonyl (C=O) groups excluding carboxylic acids is 1. The number of methoxy groups -OCH3 is 1. The minimum absolute atomic E-state index is 0.0196. The number of rotatable bonds is 7. The number of pyridine rings is 1. The first kappa shape index (κ1) is 20.5. The molecule has 3 aromatic heterocycles. The zero-order chi connectivity index (χ0) is 22.7. The summed E-state index contributed by atoms with van der Waals surface area (Å²) in [5.41, 5.74) is 4.55. The van der Waals surface area contributed by atoms with Crippen LogP contribution < -0.4 is 4.74 Å². The molecule has 0 unspecified atom stereocenters. The van der Waals surface area contributed by atoms with Crippen LogP contribution in [0.25, 0.3) is 33.6 Å². The average molecular weight is 443 g/mol. The molecule has 0 N–H and O–H groups in total. The van der Waals surface area contributed by atoms with Crippen molar-refractivity contribution in [1.29, 1.82) is 0 Å². The topological polar surface area (TPSA) is 61.9 Å². The molecule has 2 fully saturated rings. The number of Topliss-reactive ketones (excluding diaryl/α,β-unsaturated/α-hetero) is 1. The molecule has 6 heteroatoms. The van der Waals surface area contributed by atoms with E-state index in [2.05, 4.69) is 28.2 Å². The maximum atomic E-state index is 12.2. The summed E-state index contributed by atoms with van der Waals surface area (Å²) in [7, 11) is 1.68. The van der Waals surface area contributed by atoms with E-state index in [1.165, 1.54) is 25.7 Å². The quantitative estimate of drug-likeness (QED) is 0.343. The summed E-state index contributed by atoms with van der Waals surface area (Å²) in [6.07, 6.45) is 6.89. The van der Waals surface area contributed by atoms with Gasteiger partial charge < -0.3 is 13.9 Å². The highest BCUT2D eigenvalue weighted by Crippen LogP contribution is 2.40. The predicted molar refractivity (Wildman–Crippen MR) is 130 cm³/mol. The first-order valence-corrected chi connectivity index (χ1v) is 12.1. The lowest BCUT2D eigenvalue weighted by atomic mass is 9.76. The van der Waals surface area contributed by atoms with Crippen LogP contribution in [0.5, 0.6) is 5.75 Å². The lowest BCUT2D eigenvalue weighted by Gasteiger charge is -2.33. The molecule has 2 aliphatic rings. The minimum Gasteiger partial charge on any atom is -0.494 e. The molecule has 3 heterocycles. The van der Waals surface area contributed by atoms with Crippen LogP contribution in [0.4, 0.5) is 0 Å². The Bertz CT molecular complexity index is 1370. The Morgan fingerprint density at radius 3 is 2.61 bits per heavy atom. The van der Waals surface area contributed by atoms with Gasteiger partial charge in [0.1, 0.15) is 16.9 Å². The van der Waals surface area contributed by atoms with Crippen molar-refractivity contribution in [3.63, 3.8) is 0 Å². The molecule has 170 valence electrons. The summed E-state index contributed by atoms with van der Waals surface area (Å²) in [5, 5.41) is 1.14. The van der Waals surface area contributed by atoms with Crippen LogP contribution in [0.1, 0.15) is 49.9 Å². The van der Waals surface area contributed by atoms with E-state index < -0.39 is 0 Å². The number of ketones is 1. The first-order valence-electron chi connectivity index (χ1n) is 12.1. The smallest absolute Gasteiger partial charge is 0.160 e. The van der Waals surface area contributed by atoms with Gasteiger partial charge in [-0.05, 0) is 80.7 Å². The number of ether oxygens (including phenoxy) is 1. The molecule has 6 nitrogen and oxygen atoms in total. The van der Waals surface area contributed by atoms with Gasteiger partial charge in [-0.1, -0.05) is 6.92 Å². The third-order valence-electron chi connectivity index (χ3n) is 7.37. The molecule has 2 saturated carbocycles. The lowest BCUT2D eigenvalue weighted by Crippen LogP contribution is -2.26. The second kappa shape index (κ2) is 7.72. The number of hydrogen-bond acceptors (Lipinski definition) is 4. The molecule has 0 aliphatic heterocycles. The van der Waals surface area contributed by atoms with Crippen molar-refractivity contribution in [3.8, 4) is 17.3 Å². The van der Waals surface area contributed by atoms with Gasteiger partial charge in [0, 0.05) is 30.2 Å². The molecule has 0 bridgehead atoms. The number of benzene rings is 1. The molecule has 6 rings (SSSR count). The molecule has 33 heavy (non-hydrogen) atoms. The van der Waals surface area contributed by atoms with E-state index in [1.807, 2.05) is 24.4 Å². The molecule has 0 spiro atoms. The van der Waals surface area contributed by atoms with Crippen molar-refractivity contribution in [3.05, 3.63) is 42.1 Å². The van der Waals surface area contributed by atoms with Crippen LogP contribution in [-0.4, -0.2) is 32.0 Å². The number of carbonyl (C=O) groups is 1. The van der Waals surface area contributed by atoms with Crippen LogP contribution in [-0.2, 0) is 13.1 Å². The Labute approximate surface area is 193 Å². The fraction of sp³-hybridized carbons (Fsp3) is 0.444. The highest BCUT2D eigenvalue weighted by molar-refractivity contribution is 6.00. The van der Waals surface area contributed by atoms with Gasteiger partial charge in [0.05, 0.1) is 18.3 Å². The fourth-order valence-electron chi connectivity index (χ4n) is 5.45. The summed E-state index contributed by atoms with van der Waals surface area (Å²) < 4.78 is 10.5. The van der Waals surface area contributed by atoms with Crippen LogP contribution in [0, 0.1) is 17.8 Å². The van der Waals surface area contributed by atoms with Crippen molar-refractivity contribution in [2.45, 2.75) is 52.6 Å². The van der Waals surface area contributed by atoms with Gasteiger partial charge in [-0.25, -0.2) is 9.97 Å². The monoisotopic (exact) mass is 442 g/mol. The van der Waals surface area contributed by atoms with Gasteiger partial charge in [-0.3, -0.25) is 4.79 Å². The molecular formula is C27H30N4O2. The molecule has 0 radical (unpaired) electrons. The van der Waals surface area contributed by atoms with Crippen molar-refractivity contribution >= 4 is 27.9 Å². The highest BCUT2D eigenvalue weighted by atomic mass is 16.5. The van der Waals surface area contributed by atoms with Gasteiger partial charge in [-0.15, -0.1) is 0 Å². The third-order valence-corrected chi connectivity index (χ3v) is 7.37. The van der Waals surface area contributed by atoms with E-state index in [0.717, 1.165) is 52.6 Å². The van der Waals surface area contributed by atoms with Crippen LogP contribution in [0.2, 0.25) is 0 Å². The van der Waals surface area contributed by atoms with Crippen molar-refractivity contribution < 1.29 is 9.53 Å². The Kier molecular flexibility index (Phi) is 4.78. The Morgan fingerprint density at radius 1 is 1.12 bits per heavy atom. The van der Waals surface area contributed by atoms with E-state index in [-0.39, 0.29) is 5.78 Å². The van der Waals surface area contributed by atoms with Gasteiger partial charge in [0.25, 0.3) is 0 Å². The van der Waals surface area contributed by atoms with Crippen molar-refractivity contribution in [2.75, 3.05) is 7.11 Å². The molecule has 2 aliphatic carbocycles. The molecule has 4 aromatic rings. The van der Waals surface area contributed by atoms with Gasteiger partial charge in [-0.2, -0.15) is 0 Å². The number of aromatic nitrogens is 4. The molecule has 1 aromatic carbocycles. The van der Waals surface area contributed by atoms with Gasteiger partial charge in [0.2, 0.25) is 0 Å². The standard InChI is InChI=1S/C27H30N4O2/c1-16-9-19(10-16)15-31-25-22(11-21(17(2)32)13-24(25)33-3)29-27(31)23-12-20-5-4-8-28-26(20)30(23)14-18-6-7-18/h4-5,8,11-13,16,18-19H,6-7,9-10,14-15H2,1-3H3. The number of nitrogens with zero attached hydrogens (tertiary/aromatic N) is 4. The number of imidazole rings is 1. The SMILES string of the molecule is COc1cc(C(C)=O)cc2nc(-c3cc4cccnc4n3CC3CC3)n(CC3CC(C)C3)c12. The highest BCUT2D eigenvalue weighted by Gasteiger charge is 2.30. The maximum Gasteiger partial charge on any atom is 0.160 e. The largest absolute Gasteiger partial charge is 0.494 e. The summed E-state index contributed by atoms with van der Waals surface area (Å²) in [6.45, 7) is 5.79. The number of fused-ring (bicyclic) bond motifs is 2.